The fourth-order valence-corrected chi connectivity index (χ4v) is 3.20. The number of nitrogens with two attached hydrogens (primary N) is 1. The van der Waals surface area contributed by atoms with E-state index in [1.54, 1.807) is 13.2 Å². The topological polar surface area (TPSA) is 64.2 Å². The zero-order valence-electron chi connectivity index (χ0n) is 10.8. The van der Waals surface area contributed by atoms with Crippen LogP contribution >= 0.6 is 15.9 Å². The molecule has 18 heavy (non-hydrogen) atoms. The summed E-state index contributed by atoms with van der Waals surface area (Å²) in [5.41, 5.74) is 6.60. The van der Waals surface area contributed by atoms with Gasteiger partial charge in [-0.05, 0) is 42.1 Å². The van der Waals surface area contributed by atoms with Gasteiger partial charge in [0.15, 0.2) is 0 Å². The van der Waals surface area contributed by atoms with Crippen LogP contribution < -0.4 is 16.2 Å². The highest BCUT2D eigenvalue weighted by Gasteiger charge is 2.29. The summed E-state index contributed by atoms with van der Waals surface area (Å²) in [4.78, 5) is 14.2. The van der Waals surface area contributed by atoms with Crippen molar-refractivity contribution < 1.29 is 0 Å². The minimum atomic E-state index is -0.110. The smallest absolute Gasteiger partial charge is 0.282 e. The summed E-state index contributed by atoms with van der Waals surface area (Å²) in [7, 11) is 1.65. The second-order valence-electron chi connectivity index (χ2n) is 4.85. The summed E-state index contributed by atoms with van der Waals surface area (Å²) in [6, 6.07) is 0.677. The molecule has 1 aromatic heterocycles. The van der Waals surface area contributed by atoms with Crippen LogP contribution in [0.15, 0.2) is 15.5 Å². The molecule has 2 atom stereocenters. The molecule has 1 aliphatic rings. The lowest BCUT2D eigenvalue weighted by molar-refractivity contribution is 0.399. The van der Waals surface area contributed by atoms with Crippen LogP contribution in [0.2, 0.25) is 0 Å². The normalized spacial score (nSPS) is 24.3. The van der Waals surface area contributed by atoms with Gasteiger partial charge < -0.3 is 10.6 Å². The molecular formula is C12H19BrN4O. The van der Waals surface area contributed by atoms with Crippen LogP contribution in [0.3, 0.4) is 0 Å². The van der Waals surface area contributed by atoms with E-state index in [9.17, 15) is 4.79 Å². The quantitative estimate of drug-likeness (QED) is 0.892. The molecule has 2 heterocycles. The second-order valence-corrected chi connectivity index (χ2v) is 5.64. The van der Waals surface area contributed by atoms with Crippen LogP contribution in [-0.4, -0.2) is 28.4 Å². The van der Waals surface area contributed by atoms with Crippen LogP contribution in [-0.2, 0) is 7.05 Å². The Balaban J connectivity index is 2.45. The fourth-order valence-electron chi connectivity index (χ4n) is 2.63. The molecule has 0 saturated carbocycles. The number of aryl methyl sites for hydroxylation is 1. The molecule has 1 saturated heterocycles. The molecule has 2 N–H and O–H groups in total. The van der Waals surface area contributed by atoms with Crippen molar-refractivity contribution in [2.45, 2.75) is 38.3 Å². The Bertz CT molecular complexity index is 487. The van der Waals surface area contributed by atoms with Gasteiger partial charge in [0.2, 0.25) is 0 Å². The number of aromatic nitrogens is 2. The predicted molar refractivity (Wildman–Crippen MR) is 75.8 cm³/mol. The van der Waals surface area contributed by atoms with Crippen LogP contribution in [0.25, 0.3) is 0 Å². The lowest BCUT2D eigenvalue weighted by atomic mass is 9.96. The van der Waals surface area contributed by atoms with E-state index < -0.39 is 0 Å². The first-order valence-corrected chi connectivity index (χ1v) is 7.05. The number of halogens is 1. The summed E-state index contributed by atoms with van der Waals surface area (Å²) < 4.78 is 1.91. The summed E-state index contributed by atoms with van der Waals surface area (Å²) in [6.07, 6.45) is 5.13. The average Bonchev–Trinajstić information content (AvgIpc) is 2.37. The zero-order chi connectivity index (χ0) is 13.3. The standard InChI is InChI=1S/C12H19BrN4O/c1-8-4-3-5-9(6-14)17(8)10-7-15-16(2)12(18)11(10)13/h7-9H,3-6,14H2,1-2H3. The van der Waals surface area contributed by atoms with Crippen molar-refractivity contribution in [3.05, 3.63) is 21.0 Å². The van der Waals surface area contributed by atoms with Gasteiger partial charge in [-0.3, -0.25) is 4.79 Å². The van der Waals surface area contributed by atoms with Crippen molar-refractivity contribution in [3.8, 4) is 0 Å². The SMILES string of the molecule is CC1CCCC(CN)N1c1cnn(C)c(=O)c1Br. The van der Waals surface area contributed by atoms with Crippen LogP contribution in [0.5, 0.6) is 0 Å². The molecule has 2 unspecified atom stereocenters. The molecular weight excluding hydrogens is 296 g/mol. The molecule has 0 aliphatic carbocycles. The molecule has 1 fully saturated rings. The summed E-state index contributed by atoms with van der Waals surface area (Å²) in [5.74, 6) is 0. The monoisotopic (exact) mass is 314 g/mol. The van der Waals surface area contributed by atoms with Gasteiger partial charge in [0.1, 0.15) is 4.47 Å². The molecule has 1 aromatic rings. The Morgan fingerprint density at radius 2 is 2.28 bits per heavy atom. The molecule has 0 radical (unpaired) electrons. The van der Waals surface area contributed by atoms with Gasteiger partial charge in [0.05, 0.1) is 11.9 Å². The molecule has 0 bridgehead atoms. The summed E-state index contributed by atoms with van der Waals surface area (Å²) in [5, 5.41) is 4.11. The Kier molecular flexibility index (Phi) is 4.07. The van der Waals surface area contributed by atoms with Gasteiger partial charge in [-0.2, -0.15) is 5.10 Å². The van der Waals surface area contributed by atoms with Crippen molar-refractivity contribution in [3.63, 3.8) is 0 Å². The number of piperidine rings is 1. The number of hydrogen-bond donors (Lipinski definition) is 1. The zero-order valence-corrected chi connectivity index (χ0v) is 12.4. The second kappa shape index (κ2) is 5.40. The van der Waals surface area contributed by atoms with E-state index >= 15 is 0 Å². The fraction of sp³-hybridized carbons (Fsp3) is 0.667. The number of anilines is 1. The van der Waals surface area contributed by atoms with Gasteiger partial charge in [0, 0.05) is 25.7 Å². The first-order chi connectivity index (χ1) is 8.56. The first-order valence-electron chi connectivity index (χ1n) is 6.26. The van der Waals surface area contributed by atoms with Crippen LogP contribution in [0.4, 0.5) is 5.69 Å². The van der Waals surface area contributed by atoms with Crippen molar-refractivity contribution in [1.29, 1.82) is 0 Å². The third-order valence-corrected chi connectivity index (χ3v) is 4.38. The summed E-state index contributed by atoms with van der Waals surface area (Å²) in [6.45, 7) is 2.78. The molecule has 0 amide bonds. The van der Waals surface area contributed by atoms with Gasteiger partial charge in [-0.25, -0.2) is 4.68 Å². The van der Waals surface area contributed by atoms with Crippen molar-refractivity contribution in [2.24, 2.45) is 12.8 Å². The minimum Gasteiger partial charge on any atom is -0.362 e. The molecule has 5 nitrogen and oxygen atoms in total. The van der Waals surface area contributed by atoms with E-state index in [-0.39, 0.29) is 5.56 Å². The molecule has 6 heteroatoms. The Morgan fingerprint density at radius 3 is 2.94 bits per heavy atom. The molecule has 2 rings (SSSR count). The van der Waals surface area contributed by atoms with Crippen LogP contribution in [0.1, 0.15) is 26.2 Å². The predicted octanol–water partition coefficient (Wildman–Crippen LogP) is 1.25. The highest BCUT2D eigenvalue weighted by molar-refractivity contribution is 9.10. The lowest BCUT2D eigenvalue weighted by Gasteiger charge is -2.42. The van der Waals surface area contributed by atoms with E-state index in [4.69, 9.17) is 5.73 Å². The number of nitrogens with zero attached hydrogens (tertiary/aromatic N) is 3. The highest BCUT2D eigenvalue weighted by Crippen LogP contribution is 2.31. The molecule has 100 valence electrons. The Labute approximate surface area is 115 Å². The molecule has 1 aliphatic heterocycles. The van der Waals surface area contributed by atoms with E-state index in [0.717, 1.165) is 18.5 Å². The van der Waals surface area contributed by atoms with Crippen molar-refractivity contribution in [2.75, 3.05) is 11.4 Å². The van der Waals surface area contributed by atoms with Gasteiger partial charge in [-0.15, -0.1) is 0 Å². The van der Waals surface area contributed by atoms with E-state index in [1.807, 2.05) is 0 Å². The number of rotatable bonds is 2. The Hall–Kier alpha value is -0.880. The Morgan fingerprint density at radius 1 is 1.56 bits per heavy atom. The largest absolute Gasteiger partial charge is 0.362 e. The van der Waals surface area contributed by atoms with Crippen molar-refractivity contribution in [1.82, 2.24) is 9.78 Å². The minimum absolute atomic E-state index is 0.110. The van der Waals surface area contributed by atoms with E-state index in [0.29, 0.717) is 23.1 Å². The molecule has 0 spiro atoms. The van der Waals surface area contributed by atoms with Gasteiger partial charge in [-0.1, -0.05) is 0 Å². The molecule has 0 aromatic carbocycles. The average molecular weight is 315 g/mol. The third-order valence-electron chi connectivity index (χ3n) is 3.64. The highest BCUT2D eigenvalue weighted by atomic mass is 79.9. The maximum atomic E-state index is 11.9. The van der Waals surface area contributed by atoms with Gasteiger partial charge in [0.25, 0.3) is 5.56 Å². The maximum absolute atomic E-state index is 11.9. The maximum Gasteiger partial charge on any atom is 0.282 e. The first kappa shape index (κ1) is 13.5. The van der Waals surface area contributed by atoms with Gasteiger partial charge >= 0.3 is 0 Å². The summed E-state index contributed by atoms with van der Waals surface area (Å²) >= 11 is 3.39. The van der Waals surface area contributed by atoms with Crippen LogP contribution in [0, 0.1) is 0 Å². The van der Waals surface area contributed by atoms with Crippen molar-refractivity contribution >= 4 is 21.6 Å². The van der Waals surface area contributed by atoms with E-state index in [1.165, 1.54) is 11.1 Å². The lowest BCUT2D eigenvalue weighted by Crippen LogP contribution is -2.49. The van der Waals surface area contributed by atoms with E-state index in [2.05, 4.69) is 32.9 Å². The third kappa shape index (κ3) is 2.31. The number of hydrogen-bond acceptors (Lipinski definition) is 4.